The summed E-state index contributed by atoms with van der Waals surface area (Å²) in [7, 11) is 1.80. The first-order valence-corrected chi connectivity index (χ1v) is 10.2. The summed E-state index contributed by atoms with van der Waals surface area (Å²) < 4.78 is 1.82. The minimum Gasteiger partial charge on any atom is -0.356 e. The van der Waals surface area contributed by atoms with Gasteiger partial charge in [-0.25, -0.2) is 9.67 Å². The van der Waals surface area contributed by atoms with Gasteiger partial charge in [0.15, 0.2) is 5.96 Å². The summed E-state index contributed by atoms with van der Waals surface area (Å²) >= 11 is 6.18. The van der Waals surface area contributed by atoms with E-state index in [2.05, 4.69) is 62.1 Å². The van der Waals surface area contributed by atoms with Crippen LogP contribution in [0.4, 0.5) is 0 Å². The fourth-order valence-electron chi connectivity index (χ4n) is 3.54. The van der Waals surface area contributed by atoms with Gasteiger partial charge in [0.05, 0.1) is 6.54 Å². The van der Waals surface area contributed by atoms with Crippen molar-refractivity contribution < 1.29 is 0 Å². The van der Waals surface area contributed by atoms with Gasteiger partial charge in [-0.15, -0.1) is 24.0 Å². The van der Waals surface area contributed by atoms with Crippen LogP contribution in [0, 0.1) is 0 Å². The predicted octanol–water partition coefficient (Wildman–Crippen LogP) is 3.99. The zero-order chi connectivity index (χ0) is 20.1. The average molecular weight is 537 g/mol. The largest absolute Gasteiger partial charge is 0.356 e. The number of benzene rings is 2. The van der Waals surface area contributed by atoms with Crippen molar-refractivity contribution >= 4 is 41.5 Å². The molecule has 0 bridgehead atoms. The van der Waals surface area contributed by atoms with E-state index in [1.54, 1.807) is 19.7 Å². The summed E-state index contributed by atoms with van der Waals surface area (Å²) in [4.78, 5) is 8.37. The van der Waals surface area contributed by atoms with Crippen molar-refractivity contribution in [1.29, 1.82) is 0 Å². The Labute approximate surface area is 199 Å². The second kappa shape index (κ2) is 10.3. The molecular weight excluding hydrogens is 511 g/mol. The number of hydrogen-bond acceptors (Lipinski definition) is 3. The van der Waals surface area contributed by atoms with Crippen LogP contribution in [0.2, 0.25) is 5.02 Å². The zero-order valence-electron chi connectivity index (χ0n) is 16.9. The fraction of sp³-hybridized carbons (Fsp3) is 0.318. The first kappa shape index (κ1) is 22.6. The second-order valence-corrected chi connectivity index (χ2v) is 7.92. The van der Waals surface area contributed by atoms with Crippen molar-refractivity contribution in [3.63, 3.8) is 0 Å². The summed E-state index contributed by atoms with van der Waals surface area (Å²) in [5.41, 5.74) is 3.85. The topological polar surface area (TPSA) is 67.1 Å². The van der Waals surface area contributed by atoms with Crippen LogP contribution in [-0.4, -0.2) is 34.3 Å². The molecule has 0 saturated heterocycles. The Kier molecular flexibility index (Phi) is 7.71. The van der Waals surface area contributed by atoms with Crippen LogP contribution in [0.3, 0.4) is 0 Å². The lowest BCUT2D eigenvalue weighted by atomic mass is 9.96. The summed E-state index contributed by atoms with van der Waals surface area (Å²) in [5.74, 6) is 0.806. The standard InChI is InChI=1S/C22H25ClN6.HI/c1-24-21(27-14-22(8-9-22)19-6-3-7-20(23)11-19)26-12-17-4-2-5-18(10-17)13-29-16-25-15-28-29;/h2-7,10-11,15-16H,8-9,12-14H2,1H3,(H2,24,26,27);1H. The van der Waals surface area contributed by atoms with E-state index in [0.717, 1.165) is 17.5 Å². The maximum atomic E-state index is 6.18. The molecule has 3 aromatic rings. The summed E-state index contributed by atoms with van der Waals surface area (Å²) in [6, 6.07) is 16.6. The second-order valence-electron chi connectivity index (χ2n) is 7.48. The molecule has 0 atom stereocenters. The van der Waals surface area contributed by atoms with Crippen molar-refractivity contribution in [1.82, 2.24) is 25.4 Å². The highest BCUT2D eigenvalue weighted by atomic mass is 127. The first-order valence-electron chi connectivity index (χ1n) is 9.78. The molecule has 0 amide bonds. The van der Waals surface area contributed by atoms with Gasteiger partial charge in [0.2, 0.25) is 0 Å². The number of aliphatic imine (C=N–C) groups is 1. The number of nitrogens with one attached hydrogen (secondary N) is 2. The molecule has 158 valence electrons. The molecule has 2 N–H and O–H groups in total. The number of hydrogen-bond donors (Lipinski definition) is 2. The highest BCUT2D eigenvalue weighted by molar-refractivity contribution is 14.0. The lowest BCUT2D eigenvalue weighted by Gasteiger charge is -2.19. The van der Waals surface area contributed by atoms with E-state index >= 15 is 0 Å². The van der Waals surface area contributed by atoms with Gasteiger partial charge >= 0.3 is 0 Å². The molecule has 1 saturated carbocycles. The van der Waals surface area contributed by atoms with Gasteiger partial charge in [-0.3, -0.25) is 4.99 Å². The Bertz CT molecular complexity index is 985. The summed E-state index contributed by atoms with van der Waals surface area (Å²) in [6.07, 6.45) is 5.62. The van der Waals surface area contributed by atoms with Crippen LogP contribution < -0.4 is 10.6 Å². The molecule has 1 fully saturated rings. The van der Waals surface area contributed by atoms with E-state index in [-0.39, 0.29) is 29.4 Å². The van der Waals surface area contributed by atoms with E-state index in [9.17, 15) is 0 Å². The zero-order valence-corrected chi connectivity index (χ0v) is 20.0. The third-order valence-corrected chi connectivity index (χ3v) is 5.61. The molecule has 6 nitrogen and oxygen atoms in total. The number of halogens is 2. The molecule has 1 heterocycles. The molecule has 0 radical (unpaired) electrons. The smallest absolute Gasteiger partial charge is 0.191 e. The lowest BCUT2D eigenvalue weighted by molar-refractivity contribution is 0.645. The van der Waals surface area contributed by atoms with Gasteiger partial charge in [0.1, 0.15) is 12.7 Å². The number of rotatable bonds is 7. The monoisotopic (exact) mass is 536 g/mol. The quantitative estimate of drug-likeness (QED) is 0.272. The van der Waals surface area contributed by atoms with E-state index in [1.807, 2.05) is 16.8 Å². The van der Waals surface area contributed by atoms with E-state index < -0.39 is 0 Å². The van der Waals surface area contributed by atoms with Gasteiger partial charge < -0.3 is 10.6 Å². The molecule has 0 spiro atoms. The Balaban J connectivity index is 0.00000256. The molecule has 8 heteroatoms. The SMILES string of the molecule is CN=C(NCc1cccc(Cn2cncn2)c1)NCC1(c2cccc(Cl)c2)CC1.I. The van der Waals surface area contributed by atoms with Gasteiger partial charge in [0.25, 0.3) is 0 Å². The third-order valence-electron chi connectivity index (χ3n) is 5.37. The third kappa shape index (κ3) is 5.72. The van der Waals surface area contributed by atoms with E-state index in [0.29, 0.717) is 13.1 Å². The Hall–Kier alpha value is -2.13. The van der Waals surface area contributed by atoms with Gasteiger partial charge in [0, 0.05) is 30.6 Å². The van der Waals surface area contributed by atoms with Gasteiger partial charge in [-0.2, -0.15) is 5.10 Å². The van der Waals surface area contributed by atoms with Crippen LogP contribution in [0.5, 0.6) is 0 Å². The molecule has 4 rings (SSSR count). The molecule has 0 unspecified atom stereocenters. The average Bonchev–Trinajstić information content (AvgIpc) is 3.36. The molecule has 2 aromatic carbocycles. The van der Waals surface area contributed by atoms with Gasteiger partial charge in [-0.05, 0) is 41.7 Å². The van der Waals surface area contributed by atoms with E-state index in [1.165, 1.54) is 29.5 Å². The molecule has 0 aliphatic heterocycles. The highest BCUT2D eigenvalue weighted by Gasteiger charge is 2.44. The Morgan fingerprint density at radius 2 is 1.93 bits per heavy atom. The van der Waals surface area contributed by atoms with E-state index in [4.69, 9.17) is 11.6 Å². The predicted molar refractivity (Wildman–Crippen MR) is 132 cm³/mol. The fourth-order valence-corrected chi connectivity index (χ4v) is 3.73. The summed E-state index contributed by atoms with van der Waals surface area (Å²) in [6.45, 7) is 2.26. The van der Waals surface area contributed by atoms with Crippen LogP contribution in [-0.2, 0) is 18.5 Å². The van der Waals surface area contributed by atoms with Gasteiger partial charge in [-0.1, -0.05) is 48.0 Å². The van der Waals surface area contributed by atoms with Crippen LogP contribution >= 0.6 is 35.6 Å². The normalized spacial score (nSPS) is 14.7. The summed E-state index contributed by atoms with van der Waals surface area (Å²) in [5, 5.41) is 11.9. The maximum Gasteiger partial charge on any atom is 0.191 e. The highest BCUT2D eigenvalue weighted by Crippen LogP contribution is 2.48. The maximum absolute atomic E-state index is 6.18. The van der Waals surface area contributed by atoms with Crippen LogP contribution in [0.1, 0.15) is 29.5 Å². The minimum absolute atomic E-state index is 0. The van der Waals surface area contributed by atoms with Crippen LogP contribution in [0.15, 0.2) is 66.2 Å². The number of guanidine groups is 1. The minimum atomic E-state index is 0. The molecule has 1 aliphatic carbocycles. The molecular formula is C22H26ClIN6. The Morgan fingerprint density at radius 1 is 1.13 bits per heavy atom. The van der Waals surface area contributed by atoms with Crippen molar-refractivity contribution in [2.45, 2.75) is 31.3 Å². The number of nitrogens with zero attached hydrogens (tertiary/aromatic N) is 4. The van der Waals surface area contributed by atoms with Crippen molar-refractivity contribution in [3.8, 4) is 0 Å². The van der Waals surface area contributed by atoms with Crippen LogP contribution in [0.25, 0.3) is 0 Å². The first-order chi connectivity index (χ1) is 14.2. The number of aromatic nitrogens is 3. The lowest BCUT2D eigenvalue weighted by Crippen LogP contribution is -2.40. The molecule has 1 aromatic heterocycles. The molecule has 1 aliphatic rings. The van der Waals surface area contributed by atoms with Crippen molar-refractivity contribution in [2.24, 2.45) is 4.99 Å². The molecule has 30 heavy (non-hydrogen) atoms. The Morgan fingerprint density at radius 3 is 2.63 bits per heavy atom. The van der Waals surface area contributed by atoms with Crippen molar-refractivity contribution in [3.05, 3.63) is 82.9 Å². The van der Waals surface area contributed by atoms with Crippen molar-refractivity contribution in [2.75, 3.05) is 13.6 Å².